The van der Waals surface area contributed by atoms with Gasteiger partial charge in [-0.15, -0.1) is 0 Å². The van der Waals surface area contributed by atoms with Crippen molar-refractivity contribution in [1.82, 2.24) is 4.90 Å². The Labute approximate surface area is 112 Å². The molecule has 0 aromatic heterocycles. The molecule has 1 nitrogen and oxygen atoms in total. The fraction of sp³-hybridized carbons (Fsp3) is 0.600. The van der Waals surface area contributed by atoms with Crippen molar-refractivity contribution in [3.8, 4) is 0 Å². The average molecular weight is 294 g/mol. The van der Waals surface area contributed by atoms with Gasteiger partial charge in [-0.1, -0.05) is 28.9 Å². The van der Waals surface area contributed by atoms with Crippen LogP contribution in [0, 0.1) is 5.92 Å². The molecule has 0 N–H and O–H groups in total. The van der Waals surface area contributed by atoms with E-state index < -0.39 is 0 Å². The zero-order chi connectivity index (χ0) is 11.8. The van der Waals surface area contributed by atoms with Gasteiger partial charge in [0.1, 0.15) is 0 Å². The molecule has 2 aliphatic rings. The molecule has 1 aromatic carbocycles. The van der Waals surface area contributed by atoms with Crippen molar-refractivity contribution in [2.75, 3.05) is 13.1 Å². The highest BCUT2D eigenvalue weighted by Crippen LogP contribution is 2.38. The van der Waals surface area contributed by atoms with Crippen molar-refractivity contribution >= 4 is 15.9 Å². The van der Waals surface area contributed by atoms with Gasteiger partial charge >= 0.3 is 0 Å². The molecule has 1 saturated heterocycles. The summed E-state index contributed by atoms with van der Waals surface area (Å²) in [5.41, 5.74) is 3.14. The molecule has 0 bridgehead atoms. The number of aryl methyl sites for hydroxylation is 1. The number of piperidine rings is 1. The first-order chi connectivity index (χ1) is 8.24. The number of hydrogen-bond donors (Lipinski definition) is 0. The smallest absolute Gasteiger partial charge is 0.0354 e. The summed E-state index contributed by atoms with van der Waals surface area (Å²) in [4.78, 5) is 2.71. The van der Waals surface area contributed by atoms with Crippen molar-refractivity contribution < 1.29 is 0 Å². The normalized spacial score (nSPS) is 26.1. The van der Waals surface area contributed by atoms with Crippen LogP contribution >= 0.6 is 15.9 Å². The molecule has 3 rings (SSSR count). The molecule has 1 aromatic rings. The van der Waals surface area contributed by atoms with E-state index in [1.54, 1.807) is 11.1 Å². The number of hydrogen-bond acceptors (Lipinski definition) is 1. The molecule has 1 fully saturated rings. The third-order valence-corrected chi connectivity index (χ3v) is 4.90. The van der Waals surface area contributed by atoms with Gasteiger partial charge in [0.05, 0.1) is 0 Å². The Morgan fingerprint density at radius 3 is 2.71 bits per heavy atom. The van der Waals surface area contributed by atoms with Crippen LogP contribution in [0.25, 0.3) is 0 Å². The van der Waals surface area contributed by atoms with Gasteiger partial charge < -0.3 is 0 Å². The standard InChI is InChI=1S/C15H20BrN/c1-11-6-8-17(9-7-11)15-5-2-12-10-13(16)3-4-14(12)15/h3-4,10-11,15H,2,5-9H2,1H3. The van der Waals surface area contributed by atoms with E-state index in [-0.39, 0.29) is 0 Å². The van der Waals surface area contributed by atoms with Crippen LogP contribution in [0.4, 0.5) is 0 Å². The molecule has 17 heavy (non-hydrogen) atoms. The first-order valence-electron chi connectivity index (χ1n) is 6.76. The SMILES string of the molecule is CC1CCN(C2CCc3cc(Br)ccc32)CC1. The lowest BCUT2D eigenvalue weighted by atomic mass is 9.96. The number of rotatable bonds is 1. The van der Waals surface area contributed by atoms with Crippen molar-refractivity contribution in [3.05, 3.63) is 33.8 Å². The monoisotopic (exact) mass is 293 g/mol. The molecular formula is C15H20BrN. The molecule has 92 valence electrons. The van der Waals surface area contributed by atoms with Crippen molar-refractivity contribution in [2.45, 2.75) is 38.6 Å². The lowest BCUT2D eigenvalue weighted by Gasteiger charge is -2.35. The van der Waals surface area contributed by atoms with Gasteiger partial charge in [0.2, 0.25) is 0 Å². The lowest BCUT2D eigenvalue weighted by molar-refractivity contribution is 0.137. The van der Waals surface area contributed by atoms with Gasteiger partial charge in [-0.3, -0.25) is 4.90 Å². The number of nitrogens with zero attached hydrogens (tertiary/aromatic N) is 1. The van der Waals surface area contributed by atoms with Crippen LogP contribution in [0.15, 0.2) is 22.7 Å². The van der Waals surface area contributed by atoms with E-state index in [0.29, 0.717) is 6.04 Å². The second kappa shape index (κ2) is 4.74. The highest BCUT2D eigenvalue weighted by atomic mass is 79.9. The Bertz CT molecular complexity index is 407. The van der Waals surface area contributed by atoms with Gasteiger partial charge in [-0.05, 0) is 68.0 Å². The summed E-state index contributed by atoms with van der Waals surface area (Å²) in [5.74, 6) is 0.928. The van der Waals surface area contributed by atoms with E-state index in [1.807, 2.05) is 0 Å². The van der Waals surface area contributed by atoms with E-state index in [9.17, 15) is 0 Å². The Morgan fingerprint density at radius 2 is 1.94 bits per heavy atom. The largest absolute Gasteiger partial charge is 0.296 e. The van der Waals surface area contributed by atoms with E-state index in [1.165, 1.54) is 43.2 Å². The molecule has 1 unspecified atom stereocenters. The fourth-order valence-corrected chi connectivity index (χ4v) is 3.69. The second-order valence-electron chi connectivity index (χ2n) is 5.62. The Morgan fingerprint density at radius 1 is 1.18 bits per heavy atom. The Kier molecular flexibility index (Phi) is 3.27. The van der Waals surface area contributed by atoms with E-state index in [0.717, 1.165) is 5.92 Å². The van der Waals surface area contributed by atoms with Crippen molar-refractivity contribution in [2.24, 2.45) is 5.92 Å². The summed E-state index contributed by atoms with van der Waals surface area (Å²) in [5, 5.41) is 0. The van der Waals surface area contributed by atoms with Crippen LogP contribution in [-0.4, -0.2) is 18.0 Å². The zero-order valence-electron chi connectivity index (χ0n) is 10.5. The van der Waals surface area contributed by atoms with Gasteiger partial charge in [-0.25, -0.2) is 0 Å². The first kappa shape index (κ1) is 11.7. The molecular weight excluding hydrogens is 274 g/mol. The molecule has 1 heterocycles. The summed E-state index contributed by atoms with van der Waals surface area (Å²) in [6.07, 6.45) is 5.33. The van der Waals surface area contributed by atoms with E-state index in [4.69, 9.17) is 0 Å². The van der Waals surface area contributed by atoms with Crippen LogP contribution in [0.3, 0.4) is 0 Å². The van der Waals surface area contributed by atoms with E-state index in [2.05, 4.69) is 46.0 Å². The highest BCUT2D eigenvalue weighted by Gasteiger charge is 2.29. The number of benzene rings is 1. The molecule has 2 heteroatoms. The van der Waals surface area contributed by atoms with Gasteiger partial charge in [0.15, 0.2) is 0 Å². The molecule has 0 saturated carbocycles. The Hall–Kier alpha value is -0.340. The topological polar surface area (TPSA) is 3.24 Å². The van der Waals surface area contributed by atoms with Crippen LogP contribution in [0.2, 0.25) is 0 Å². The summed E-state index contributed by atoms with van der Waals surface area (Å²) >= 11 is 3.58. The Balaban J connectivity index is 1.79. The predicted molar refractivity (Wildman–Crippen MR) is 75.2 cm³/mol. The predicted octanol–water partition coefficient (Wildman–Crippen LogP) is 4.17. The van der Waals surface area contributed by atoms with Crippen molar-refractivity contribution in [1.29, 1.82) is 0 Å². The van der Waals surface area contributed by atoms with Gasteiger partial charge in [0, 0.05) is 10.5 Å². The summed E-state index contributed by atoms with van der Waals surface area (Å²) in [6, 6.07) is 7.53. The minimum atomic E-state index is 0.700. The minimum Gasteiger partial charge on any atom is -0.296 e. The number of fused-ring (bicyclic) bond motifs is 1. The maximum Gasteiger partial charge on any atom is 0.0354 e. The van der Waals surface area contributed by atoms with Gasteiger partial charge in [0.25, 0.3) is 0 Å². The second-order valence-corrected chi connectivity index (χ2v) is 6.53. The highest BCUT2D eigenvalue weighted by molar-refractivity contribution is 9.10. The van der Waals surface area contributed by atoms with Crippen LogP contribution in [0.5, 0.6) is 0 Å². The number of halogens is 1. The average Bonchev–Trinajstić information content (AvgIpc) is 2.73. The molecule has 0 spiro atoms. The summed E-state index contributed by atoms with van der Waals surface area (Å²) < 4.78 is 1.23. The van der Waals surface area contributed by atoms with Crippen LogP contribution in [0.1, 0.15) is 43.4 Å². The summed E-state index contributed by atoms with van der Waals surface area (Å²) in [7, 11) is 0. The van der Waals surface area contributed by atoms with Crippen LogP contribution in [-0.2, 0) is 6.42 Å². The molecule has 1 atom stereocenters. The maximum atomic E-state index is 3.58. The fourth-order valence-electron chi connectivity index (χ4n) is 3.28. The molecule has 1 aliphatic heterocycles. The van der Waals surface area contributed by atoms with Crippen LogP contribution < -0.4 is 0 Å². The zero-order valence-corrected chi connectivity index (χ0v) is 12.0. The third kappa shape index (κ3) is 2.30. The van der Waals surface area contributed by atoms with Gasteiger partial charge in [-0.2, -0.15) is 0 Å². The maximum absolute atomic E-state index is 3.58. The first-order valence-corrected chi connectivity index (χ1v) is 7.55. The number of likely N-dealkylation sites (tertiary alicyclic amines) is 1. The minimum absolute atomic E-state index is 0.700. The molecule has 0 radical (unpaired) electrons. The lowest BCUT2D eigenvalue weighted by Crippen LogP contribution is -2.35. The van der Waals surface area contributed by atoms with Crippen molar-refractivity contribution in [3.63, 3.8) is 0 Å². The van der Waals surface area contributed by atoms with E-state index >= 15 is 0 Å². The molecule has 0 amide bonds. The third-order valence-electron chi connectivity index (χ3n) is 4.41. The molecule has 1 aliphatic carbocycles. The quantitative estimate of drug-likeness (QED) is 0.751. The summed E-state index contributed by atoms with van der Waals surface area (Å²) in [6.45, 7) is 4.97.